The average Bonchev–Trinajstić information content (AvgIpc) is 2.52. The Balaban J connectivity index is 2.50. The standard InChI is InChI=1S/C20H31NO4/c1-5-6-8-13-17(14-18(22)25-20(2,3)4)21-19(23)24-15-16-11-9-7-10-12-16/h7,9-12,17H,5-6,8,13-15H2,1-4H3,(H,21,23)/t17-/m1/s1. The highest BCUT2D eigenvalue weighted by Crippen LogP contribution is 2.13. The third kappa shape index (κ3) is 10.4. The van der Waals surface area contributed by atoms with Gasteiger partial charge in [0, 0.05) is 6.04 Å². The molecule has 0 aliphatic heterocycles. The zero-order valence-electron chi connectivity index (χ0n) is 15.8. The Labute approximate surface area is 151 Å². The predicted octanol–water partition coefficient (Wildman–Crippen LogP) is 4.59. The molecule has 0 saturated carbocycles. The lowest BCUT2D eigenvalue weighted by atomic mass is 10.1. The van der Waals surface area contributed by atoms with Crippen molar-refractivity contribution in [3.05, 3.63) is 35.9 Å². The highest BCUT2D eigenvalue weighted by molar-refractivity contribution is 5.73. The lowest BCUT2D eigenvalue weighted by Gasteiger charge is -2.23. The van der Waals surface area contributed by atoms with Gasteiger partial charge < -0.3 is 14.8 Å². The first kappa shape index (κ1) is 21.0. The molecule has 25 heavy (non-hydrogen) atoms. The molecule has 1 aromatic rings. The predicted molar refractivity (Wildman–Crippen MR) is 98.2 cm³/mol. The summed E-state index contributed by atoms with van der Waals surface area (Å²) in [5, 5.41) is 2.80. The van der Waals surface area contributed by atoms with Gasteiger partial charge >= 0.3 is 12.1 Å². The van der Waals surface area contributed by atoms with E-state index in [1.54, 1.807) is 0 Å². The van der Waals surface area contributed by atoms with Crippen molar-refractivity contribution in [1.82, 2.24) is 5.32 Å². The minimum Gasteiger partial charge on any atom is -0.460 e. The summed E-state index contributed by atoms with van der Waals surface area (Å²) in [4.78, 5) is 24.1. The SMILES string of the molecule is CCCCC[C@H](CC(=O)OC(C)(C)C)NC(=O)OCc1ccccc1. The van der Waals surface area contributed by atoms with Gasteiger partial charge in [-0.15, -0.1) is 0 Å². The number of nitrogens with one attached hydrogen (secondary N) is 1. The van der Waals surface area contributed by atoms with Gasteiger partial charge in [-0.05, 0) is 32.8 Å². The number of esters is 1. The van der Waals surface area contributed by atoms with Crippen LogP contribution >= 0.6 is 0 Å². The molecule has 1 amide bonds. The van der Waals surface area contributed by atoms with E-state index in [2.05, 4.69) is 12.2 Å². The first-order chi connectivity index (χ1) is 11.8. The average molecular weight is 349 g/mol. The molecule has 0 aliphatic rings. The van der Waals surface area contributed by atoms with Crippen LogP contribution in [-0.4, -0.2) is 23.7 Å². The molecule has 5 heteroatoms. The molecule has 0 unspecified atom stereocenters. The molecule has 5 nitrogen and oxygen atoms in total. The van der Waals surface area contributed by atoms with Gasteiger partial charge in [-0.25, -0.2) is 4.79 Å². The number of ether oxygens (including phenoxy) is 2. The molecule has 0 heterocycles. The van der Waals surface area contributed by atoms with Gasteiger partial charge in [0.05, 0.1) is 6.42 Å². The molecule has 0 aliphatic carbocycles. The fourth-order valence-corrected chi connectivity index (χ4v) is 2.38. The van der Waals surface area contributed by atoms with Crippen molar-refractivity contribution in [3.63, 3.8) is 0 Å². The van der Waals surface area contributed by atoms with Crippen LogP contribution in [0.3, 0.4) is 0 Å². The van der Waals surface area contributed by atoms with Crippen molar-refractivity contribution in [1.29, 1.82) is 0 Å². The van der Waals surface area contributed by atoms with Crippen molar-refractivity contribution in [2.24, 2.45) is 0 Å². The van der Waals surface area contributed by atoms with Gasteiger partial charge in [-0.2, -0.15) is 0 Å². The van der Waals surface area contributed by atoms with Gasteiger partial charge in [-0.1, -0.05) is 56.5 Å². The number of benzene rings is 1. The molecule has 1 atom stereocenters. The zero-order chi connectivity index (χ0) is 18.7. The van der Waals surface area contributed by atoms with Crippen molar-refractivity contribution in [2.45, 2.75) is 78.0 Å². The van der Waals surface area contributed by atoms with Gasteiger partial charge in [0.2, 0.25) is 0 Å². The summed E-state index contributed by atoms with van der Waals surface area (Å²) in [6.45, 7) is 7.82. The van der Waals surface area contributed by atoms with Crippen molar-refractivity contribution >= 4 is 12.1 Å². The minimum absolute atomic E-state index is 0.154. The second-order valence-corrected chi connectivity index (χ2v) is 7.19. The Kier molecular flexibility index (Phi) is 9.03. The maximum atomic E-state index is 12.0. The summed E-state index contributed by atoms with van der Waals surface area (Å²) in [5.41, 5.74) is 0.395. The van der Waals surface area contributed by atoms with Crippen LogP contribution in [0.25, 0.3) is 0 Å². The van der Waals surface area contributed by atoms with Crippen LogP contribution in [0.5, 0.6) is 0 Å². The molecule has 140 valence electrons. The third-order valence-corrected chi connectivity index (χ3v) is 3.52. The van der Waals surface area contributed by atoms with E-state index in [1.165, 1.54) is 0 Å². The Morgan fingerprint density at radius 3 is 2.40 bits per heavy atom. The maximum Gasteiger partial charge on any atom is 0.407 e. The number of hydrogen-bond donors (Lipinski definition) is 1. The maximum absolute atomic E-state index is 12.0. The van der Waals surface area contributed by atoms with E-state index in [1.807, 2.05) is 51.1 Å². The fourth-order valence-electron chi connectivity index (χ4n) is 2.38. The quantitative estimate of drug-likeness (QED) is 0.523. The second-order valence-electron chi connectivity index (χ2n) is 7.19. The van der Waals surface area contributed by atoms with Crippen LogP contribution < -0.4 is 5.32 Å². The number of rotatable bonds is 9. The van der Waals surface area contributed by atoms with Crippen LogP contribution in [0.2, 0.25) is 0 Å². The molecule has 1 rings (SSSR count). The van der Waals surface area contributed by atoms with Gasteiger partial charge in [0.25, 0.3) is 0 Å². The first-order valence-corrected chi connectivity index (χ1v) is 8.99. The lowest BCUT2D eigenvalue weighted by molar-refractivity contribution is -0.155. The molecule has 0 bridgehead atoms. The van der Waals surface area contributed by atoms with E-state index in [0.29, 0.717) is 0 Å². The van der Waals surface area contributed by atoms with Gasteiger partial charge in [0.15, 0.2) is 0 Å². The number of alkyl carbamates (subject to hydrolysis) is 1. The molecule has 0 aromatic heterocycles. The van der Waals surface area contributed by atoms with Crippen LogP contribution in [0, 0.1) is 0 Å². The lowest BCUT2D eigenvalue weighted by Crippen LogP contribution is -2.38. The first-order valence-electron chi connectivity index (χ1n) is 8.99. The highest BCUT2D eigenvalue weighted by atomic mass is 16.6. The molecular weight excluding hydrogens is 318 g/mol. The minimum atomic E-state index is -0.529. The van der Waals surface area contributed by atoms with Crippen LogP contribution in [0.4, 0.5) is 4.79 Å². The highest BCUT2D eigenvalue weighted by Gasteiger charge is 2.22. The molecule has 0 spiro atoms. The monoisotopic (exact) mass is 349 g/mol. The molecule has 0 fully saturated rings. The summed E-state index contributed by atoms with van der Waals surface area (Å²) in [6, 6.07) is 9.22. The Morgan fingerprint density at radius 1 is 1.12 bits per heavy atom. The van der Waals surface area contributed by atoms with E-state index in [9.17, 15) is 9.59 Å². The van der Waals surface area contributed by atoms with Crippen LogP contribution in [-0.2, 0) is 20.9 Å². The Hall–Kier alpha value is -2.04. The van der Waals surface area contributed by atoms with E-state index in [4.69, 9.17) is 9.47 Å². The van der Waals surface area contributed by atoms with Gasteiger partial charge in [0.1, 0.15) is 12.2 Å². The summed E-state index contributed by atoms with van der Waals surface area (Å²) in [7, 11) is 0. The van der Waals surface area contributed by atoms with E-state index < -0.39 is 11.7 Å². The van der Waals surface area contributed by atoms with Crippen LogP contribution in [0.1, 0.15) is 65.4 Å². The topological polar surface area (TPSA) is 64.6 Å². The summed E-state index contributed by atoms with van der Waals surface area (Å²) >= 11 is 0. The van der Waals surface area contributed by atoms with E-state index in [0.717, 1.165) is 31.2 Å². The Bertz CT molecular complexity index is 522. The molecule has 1 N–H and O–H groups in total. The molecule has 0 radical (unpaired) electrons. The molecule has 1 aromatic carbocycles. The van der Waals surface area contributed by atoms with Crippen molar-refractivity contribution in [3.8, 4) is 0 Å². The van der Waals surface area contributed by atoms with E-state index in [-0.39, 0.29) is 25.0 Å². The number of carbonyl (C=O) groups excluding carboxylic acids is 2. The number of hydrogen-bond acceptors (Lipinski definition) is 4. The molecule has 0 saturated heterocycles. The largest absolute Gasteiger partial charge is 0.460 e. The van der Waals surface area contributed by atoms with Crippen molar-refractivity contribution in [2.75, 3.05) is 0 Å². The summed E-state index contributed by atoms with van der Waals surface area (Å²) in [6.07, 6.45) is 3.47. The van der Waals surface area contributed by atoms with Gasteiger partial charge in [-0.3, -0.25) is 4.79 Å². The summed E-state index contributed by atoms with van der Waals surface area (Å²) in [5.74, 6) is -0.308. The number of unbranched alkanes of at least 4 members (excludes halogenated alkanes) is 2. The summed E-state index contributed by atoms with van der Waals surface area (Å²) < 4.78 is 10.6. The van der Waals surface area contributed by atoms with E-state index >= 15 is 0 Å². The second kappa shape index (κ2) is 10.7. The smallest absolute Gasteiger partial charge is 0.407 e. The number of carbonyl (C=O) groups is 2. The molecular formula is C20H31NO4. The number of amides is 1. The van der Waals surface area contributed by atoms with Crippen molar-refractivity contribution < 1.29 is 19.1 Å². The van der Waals surface area contributed by atoms with Crippen LogP contribution in [0.15, 0.2) is 30.3 Å². The Morgan fingerprint density at radius 2 is 1.80 bits per heavy atom. The normalized spacial score (nSPS) is 12.3. The fraction of sp³-hybridized carbons (Fsp3) is 0.600. The zero-order valence-corrected chi connectivity index (χ0v) is 15.8. The third-order valence-electron chi connectivity index (χ3n) is 3.52.